The molecule has 2 atom stereocenters. The number of carbonyl (C=O) groups is 1. The normalized spacial score (nSPS) is 14.3. The van der Waals surface area contributed by atoms with Gasteiger partial charge in [-0.25, -0.2) is 0 Å². The highest BCUT2D eigenvalue weighted by Gasteiger charge is 2.30. The summed E-state index contributed by atoms with van der Waals surface area (Å²) in [5, 5.41) is 10.4. The lowest BCUT2D eigenvalue weighted by atomic mass is 9.88. The van der Waals surface area contributed by atoms with Crippen molar-refractivity contribution in [2.75, 3.05) is 13.2 Å². The third kappa shape index (κ3) is 4.76. The quantitative estimate of drug-likeness (QED) is 0.371. The van der Waals surface area contributed by atoms with Gasteiger partial charge < -0.3 is 4.74 Å². The van der Waals surface area contributed by atoms with E-state index in [0.717, 1.165) is 0 Å². The zero-order valence-electron chi connectivity index (χ0n) is 9.56. The smallest absolute Gasteiger partial charge is 0.309 e. The Kier molecular flexibility index (Phi) is 6.66. The Balaban J connectivity index is 4.45. The molecule has 15 heavy (non-hydrogen) atoms. The summed E-state index contributed by atoms with van der Waals surface area (Å²) in [5.74, 6) is -0.877. The van der Waals surface area contributed by atoms with Gasteiger partial charge in [-0.1, -0.05) is 13.8 Å². The molecule has 2 unspecified atom stereocenters. The average molecular weight is 217 g/mol. The van der Waals surface area contributed by atoms with Crippen LogP contribution in [0.25, 0.3) is 0 Å². The Hall–Kier alpha value is -1.13. The molecule has 0 aromatic heterocycles. The van der Waals surface area contributed by atoms with E-state index in [0.29, 0.717) is 19.4 Å². The fourth-order valence-corrected chi connectivity index (χ4v) is 1.67. The van der Waals surface area contributed by atoms with E-state index in [4.69, 9.17) is 4.74 Å². The van der Waals surface area contributed by atoms with Gasteiger partial charge in [-0.05, 0) is 19.8 Å². The van der Waals surface area contributed by atoms with Gasteiger partial charge >= 0.3 is 5.97 Å². The fraction of sp³-hybridized carbons (Fsp3) is 0.900. The van der Waals surface area contributed by atoms with Crippen LogP contribution in [-0.4, -0.2) is 24.0 Å². The number of hydrogen-bond donors (Lipinski definition) is 0. The van der Waals surface area contributed by atoms with E-state index in [1.807, 2.05) is 13.8 Å². The van der Waals surface area contributed by atoms with E-state index in [-0.39, 0.29) is 29.3 Å². The number of nitrogens with zero attached hydrogens (tertiary/aromatic N) is 1. The topological polar surface area (TPSA) is 69.4 Å². The second-order valence-electron chi connectivity index (χ2n) is 3.45. The monoisotopic (exact) mass is 217 g/mol. The van der Waals surface area contributed by atoms with Crippen LogP contribution in [0.2, 0.25) is 0 Å². The Bertz CT molecular complexity index is 217. The lowest BCUT2D eigenvalue weighted by Gasteiger charge is -2.19. The van der Waals surface area contributed by atoms with Crippen molar-refractivity contribution in [1.82, 2.24) is 0 Å². The van der Waals surface area contributed by atoms with Crippen LogP contribution in [0.4, 0.5) is 0 Å². The van der Waals surface area contributed by atoms with Crippen LogP contribution >= 0.6 is 0 Å². The molecule has 88 valence electrons. The molecule has 0 aromatic carbocycles. The minimum atomic E-state index is -0.365. The predicted octanol–water partition coefficient (Wildman–Crippen LogP) is 1.88. The molecule has 0 aliphatic rings. The molecule has 0 aliphatic carbocycles. The van der Waals surface area contributed by atoms with E-state index in [1.165, 1.54) is 0 Å². The first-order chi connectivity index (χ1) is 7.06. The molecule has 0 radical (unpaired) electrons. The highest BCUT2D eigenvalue weighted by molar-refractivity contribution is 5.72. The Labute approximate surface area is 90.0 Å². The molecule has 0 fully saturated rings. The molecule has 5 nitrogen and oxygen atoms in total. The summed E-state index contributed by atoms with van der Waals surface area (Å²) in [5.41, 5.74) is 0. The van der Waals surface area contributed by atoms with Gasteiger partial charge in [0.2, 0.25) is 6.54 Å². The molecule has 5 heteroatoms. The Morgan fingerprint density at radius 1 is 1.33 bits per heavy atom. The molecule has 0 amide bonds. The zero-order valence-corrected chi connectivity index (χ0v) is 9.56. The van der Waals surface area contributed by atoms with Gasteiger partial charge in [0.05, 0.1) is 12.5 Å². The van der Waals surface area contributed by atoms with E-state index < -0.39 is 0 Å². The van der Waals surface area contributed by atoms with Crippen molar-refractivity contribution in [1.29, 1.82) is 0 Å². The number of esters is 1. The van der Waals surface area contributed by atoms with Crippen LogP contribution in [0.5, 0.6) is 0 Å². The molecule has 0 aromatic rings. The summed E-state index contributed by atoms with van der Waals surface area (Å²) in [7, 11) is 0. The molecular formula is C10H19NO4. The second-order valence-corrected chi connectivity index (χ2v) is 3.45. The largest absolute Gasteiger partial charge is 0.466 e. The maximum Gasteiger partial charge on any atom is 0.309 e. The van der Waals surface area contributed by atoms with E-state index in [1.54, 1.807) is 6.92 Å². The molecule has 0 heterocycles. The number of rotatable bonds is 7. The van der Waals surface area contributed by atoms with Crippen LogP contribution in [-0.2, 0) is 9.53 Å². The molecule has 0 N–H and O–H groups in total. The molecular weight excluding hydrogens is 198 g/mol. The van der Waals surface area contributed by atoms with Gasteiger partial charge in [0, 0.05) is 10.8 Å². The van der Waals surface area contributed by atoms with Crippen LogP contribution in [0.15, 0.2) is 0 Å². The average Bonchev–Trinajstić information content (AvgIpc) is 2.17. The van der Waals surface area contributed by atoms with Crippen molar-refractivity contribution in [3.05, 3.63) is 10.1 Å². The highest BCUT2D eigenvalue weighted by Crippen LogP contribution is 2.21. The van der Waals surface area contributed by atoms with Crippen molar-refractivity contribution in [2.24, 2.45) is 11.8 Å². The maximum atomic E-state index is 11.5. The van der Waals surface area contributed by atoms with Crippen LogP contribution in [0, 0.1) is 22.0 Å². The number of ether oxygens (including phenoxy) is 1. The first kappa shape index (κ1) is 13.9. The van der Waals surface area contributed by atoms with Crippen LogP contribution in [0.1, 0.15) is 33.6 Å². The van der Waals surface area contributed by atoms with Gasteiger partial charge in [-0.15, -0.1) is 0 Å². The molecule has 0 rings (SSSR count). The summed E-state index contributed by atoms with van der Waals surface area (Å²) in [6, 6.07) is 0. The molecule has 0 saturated heterocycles. The first-order valence-corrected chi connectivity index (χ1v) is 5.35. The summed E-state index contributed by atoms with van der Waals surface area (Å²) < 4.78 is 4.90. The van der Waals surface area contributed by atoms with Crippen molar-refractivity contribution < 1.29 is 14.5 Å². The van der Waals surface area contributed by atoms with Crippen molar-refractivity contribution in [3.63, 3.8) is 0 Å². The third-order valence-corrected chi connectivity index (χ3v) is 2.51. The summed E-state index contributed by atoms with van der Waals surface area (Å²) in [6.07, 6.45) is 1.21. The molecule has 0 bridgehead atoms. The fourth-order valence-electron chi connectivity index (χ4n) is 1.67. The van der Waals surface area contributed by atoms with E-state index in [9.17, 15) is 14.9 Å². The van der Waals surface area contributed by atoms with E-state index >= 15 is 0 Å². The van der Waals surface area contributed by atoms with Crippen molar-refractivity contribution in [3.8, 4) is 0 Å². The van der Waals surface area contributed by atoms with Crippen molar-refractivity contribution in [2.45, 2.75) is 33.6 Å². The standard InChI is InChI=1S/C10H19NO4/c1-4-8(7-11(13)14)9(5-2)10(12)15-6-3/h8-9H,4-7H2,1-3H3. The number of nitro groups is 1. The second kappa shape index (κ2) is 7.20. The van der Waals surface area contributed by atoms with Gasteiger partial charge in [0.15, 0.2) is 0 Å². The number of hydrogen-bond acceptors (Lipinski definition) is 4. The lowest BCUT2D eigenvalue weighted by Crippen LogP contribution is -2.29. The SMILES string of the molecule is CCOC(=O)C(CC)C(CC)C[N+](=O)[O-]. The van der Waals surface area contributed by atoms with Crippen LogP contribution < -0.4 is 0 Å². The summed E-state index contributed by atoms with van der Waals surface area (Å²) >= 11 is 0. The minimum absolute atomic E-state index is 0.159. The predicted molar refractivity (Wildman–Crippen MR) is 56.1 cm³/mol. The summed E-state index contributed by atoms with van der Waals surface area (Å²) in [4.78, 5) is 21.6. The Morgan fingerprint density at radius 2 is 1.93 bits per heavy atom. The molecule has 0 saturated carbocycles. The zero-order chi connectivity index (χ0) is 11.8. The first-order valence-electron chi connectivity index (χ1n) is 5.35. The molecule has 0 spiro atoms. The van der Waals surface area contributed by atoms with E-state index in [2.05, 4.69) is 0 Å². The van der Waals surface area contributed by atoms with Gasteiger partial charge in [0.25, 0.3) is 0 Å². The van der Waals surface area contributed by atoms with Gasteiger partial charge in [0.1, 0.15) is 0 Å². The third-order valence-electron chi connectivity index (χ3n) is 2.51. The summed E-state index contributed by atoms with van der Waals surface area (Å²) in [6.45, 7) is 5.61. The molecule has 0 aliphatic heterocycles. The van der Waals surface area contributed by atoms with Gasteiger partial charge in [-0.2, -0.15) is 0 Å². The van der Waals surface area contributed by atoms with Crippen molar-refractivity contribution >= 4 is 5.97 Å². The minimum Gasteiger partial charge on any atom is -0.466 e. The highest BCUT2D eigenvalue weighted by atomic mass is 16.6. The van der Waals surface area contributed by atoms with Gasteiger partial charge in [-0.3, -0.25) is 14.9 Å². The Morgan fingerprint density at radius 3 is 2.27 bits per heavy atom. The lowest BCUT2D eigenvalue weighted by molar-refractivity contribution is -0.489. The van der Waals surface area contributed by atoms with Crippen LogP contribution in [0.3, 0.4) is 0 Å². The maximum absolute atomic E-state index is 11.5. The number of carbonyl (C=O) groups excluding carboxylic acids is 1.